The molecule has 20 nitrogen and oxygen atoms in total. The first-order valence-corrected chi connectivity index (χ1v) is 40.1. The van der Waals surface area contributed by atoms with Crippen LogP contribution in [0.3, 0.4) is 0 Å². The number of nitrogens with zero attached hydrogens (tertiary/aromatic N) is 2. The lowest BCUT2D eigenvalue weighted by atomic mass is 9.41. The Hall–Kier alpha value is -2.89. The summed E-state index contributed by atoms with van der Waals surface area (Å²) in [5, 5.41) is 34.7. The molecule has 0 radical (unpaired) electrons. The molecule has 0 amide bonds. The average Bonchev–Trinajstić information content (AvgIpc) is 1.46. The van der Waals surface area contributed by atoms with E-state index in [4.69, 9.17) is 42.6 Å². The topological polar surface area (TPSA) is 245 Å². The Labute approximate surface area is 610 Å². The van der Waals surface area contributed by atoms with Crippen LogP contribution < -0.4 is 0 Å². The van der Waals surface area contributed by atoms with Gasteiger partial charge in [-0.2, -0.15) is 0 Å². The molecule has 4 saturated heterocycles. The molecule has 14 fully saturated rings. The molecule has 102 heavy (non-hydrogen) atoms. The molecule has 14 rings (SSSR count). The standard InChI is InChI=1S/C40H65NO8.C38H63NO7.C4H6O3/c1-11-41-18-19-45-30(21-41)49-29-14-15-39-22-40(39)17-16-37(9)31-23(2)20-26(33(36(7,8)44)46-24(3)42)48-32(31)34(47-25(4)43)38(37,10)28(40)13-12-27(39)35(29,5)6;1-10-39-17-18-43-28(20-39)46-27-13-14-37-21-38(37)16-15-35(8)29-22(2)19-24(32(34(6,7)42)44-23(3)40)45-30(29)31(41)36(35,9)26(38)12-11-25(37)33(27,4)5;1-3(5)7-4(2)6/h23,26-34,44H,11-22H2,1-10H3;22,24-32,41-42H,10-21H2,1-9H3;1-2H3/t23-,26-,27+,28+,29+,30+,31+,32+,33+,34+,37-,38-,39-,40+;22-,24-,25+,26+,27+,28+,29+,30+,31+,32+,35-,36-,37-,38+;/m11./s1. The molecular weight excluding hydrogens is 1300 g/mol. The Kier molecular flexibility index (Phi) is 21.1. The number of esters is 5. The van der Waals surface area contributed by atoms with Crippen LogP contribution in [0.2, 0.25) is 0 Å². The molecule has 4 heterocycles. The van der Waals surface area contributed by atoms with Gasteiger partial charge in [0.05, 0.1) is 67.1 Å². The van der Waals surface area contributed by atoms with Crippen LogP contribution in [0, 0.1) is 101 Å². The number of morpholine rings is 2. The Balaban J connectivity index is 0.000000176. The van der Waals surface area contributed by atoms with E-state index in [-0.39, 0.29) is 115 Å². The summed E-state index contributed by atoms with van der Waals surface area (Å²) in [5.74, 6) is 0.778. The monoisotopic (exact) mass is 1430 g/mol. The number of fused-ring (bicyclic) bond motifs is 8. The highest BCUT2D eigenvalue weighted by molar-refractivity contribution is 5.82. The zero-order valence-electron chi connectivity index (χ0n) is 66.4. The van der Waals surface area contributed by atoms with Gasteiger partial charge < -0.3 is 62.7 Å². The van der Waals surface area contributed by atoms with Crippen LogP contribution in [0.15, 0.2) is 0 Å². The highest BCUT2D eigenvalue weighted by Crippen LogP contribution is 2.91. The van der Waals surface area contributed by atoms with Gasteiger partial charge in [0.2, 0.25) is 0 Å². The van der Waals surface area contributed by atoms with Crippen molar-refractivity contribution in [3.05, 3.63) is 0 Å². The van der Waals surface area contributed by atoms with Crippen molar-refractivity contribution in [1.29, 1.82) is 0 Å². The smallest absolute Gasteiger partial charge is 0.310 e. The van der Waals surface area contributed by atoms with E-state index >= 15 is 0 Å². The molecule has 0 bridgehead atoms. The second-order valence-electron chi connectivity index (χ2n) is 38.8. The summed E-state index contributed by atoms with van der Waals surface area (Å²) in [6.45, 7) is 49.3. The summed E-state index contributed by atoms with van der Waals surface area (Å²) in [7, 11) is 0. The molecule has 580 valence electrons. The molecular formula is C82H134N2O18. The van der Waals surface area contributed by atoms with E-state index < -0.39 is 71.7 Å². The minimum absolute atomic E-state index is 0.0405. The van der Waals surface area contributed by atoms with Crippen LogP contribution in [-0.2, 0) is 71.3 Å². The van der Waals surface area contributed by atoms with Crippen molar-refractivity contribution in [2.45, 2.75) is 333 Å². The molecule has 10 aliphatic carbocycles. The molecule has 3 N–H and O–H groups in total. The van der Waals surface area contributed by atoms with Crippen molar-refractivity contribution in [3.63, 3.8) is 0 Å². The van der Waals surface area contributed by atoms with Gasteiger partial charge in [-0.05, 0) is 234 Å². The van der Waals surface area contributed by atoms with E-state index in [0.29, 0.717) is 41.9 Å². The van der Waals surface area contributed by atoms with Crippen LogP contribution in [0.25, 0.3) is 0 Å². The van der Waals surface area contributed by atoms with Crippen molar-refractivity contribution in [2.75, 3.05) is 52.5 Å². The van der Waals surface area contributed by atoms with Crippen molar-refractivity contribution < 1.29 is 86.7 Å². The normalized spacial score (nSPS) is 47.6. The highest BCUT2D eigenvalue weighted by Gasteiger charge is 2.87. The molecule has 0 aromatic rings. The first kappa shape index (κ1) is 78.7. The van der Waals surface area contributed by atoms with Gasteiger partial charge in [0.15, 0.2) is 24.8 Å². The van der Waals surface area contributed by atoms with E-state index in [0.717, 1.165) is 97.4 Å². The van der Waals surface area contributed by atoms with E-state index in [2.05, 4.69) is 97.6 Å². The second-order valence-corrected chi connectivity index (χ2v) is 38.8. The lowest BCUT2D eigenvalue weighted by Crippen LogP contribution is -2.60. The van der Waals surface area contributed by atoms with Crippen molar-refractivity contribution in [3.8, 4) is 0 Å². The predicted molar refractivity (Wildman–Crippen MR) is 381 cm³/mol. The third kappa shape index (κ3) is 12.4. The third-order valence-electron chi connectivity index (χ3n) is 32.5. The maximum Gasteiger partial charge on any atom is 0.310 e. The predicted octanol–water partition coefficient (Wildman–Crippen LogP) is 11.8. The Morgan fingerprint density at radius 1 is 0.510 bits per heavy atom. The summed E-state index contributed by atoms with van der Waals surface area (Å²) < 4.78 is 61.7. The highest BCUT2D eigenvalue weighted by atomic mass is 16.7. The summed E-state index contributed by atoms with van der Waals surface area (Å²) in [6, 6.07) is 0. The van der Waals surface area contributed by atoms with E-state index in [1.54, 1.807) is 27.7 Å². The molecule has 10 saturated carbocycles. The van der Waals surface area contributed by atoms with Crippen LogP contribution in [0.1, 0.15) is 248 Å². The Morgan fingerprint density at radius 2 is 0.892 bits per heavy atom. The van der Waals surface area contributed by atoms with Crippen LogP contribution >= 0.6 is 0 Å². The molecule has 20 heteroatoms. The van der Waals surface area contributed by atoms with Gasteiger partial charge in [0.25, 0.3) is 0 Å². The number of carbonyl (C=O) groups excluding carboxylic acids is 5. The van der Waals surface area contributed by atoms with Crippen molar-refractivity contribution in [1.82, 2.24) is 9.80 Å². The quantitative estimate of drug-likeness (QED) is 0.0881. The van der Waals surface area contributed by atoms with Crippen LogP contribution in [0.4, 0.5) is 0 Å². The molecule has 0 aromatic heterocycles. The summed E-state index contributed by atoms with van der Waals surface area (Å²) >= 11 is 0. The summed E-state index contributed by atoms with van der Waals surface area (Å²) in [5.41, 5.74) is -1.95. The number of carbonyl (C=O) groups is 5. The first-order chi connectivity index (χ1) is 47.4. The summed E-state index contributed by atoms with van der Waals surface area (Å²) in [6.07, 6.45) is 13.7. The van der Waals surface area contributed by atoms with Crippen LogP contribution in [-0.4, -0.2) is 192 Å². The first-order valence-electron chi connectivity index (χ1n) is 40.1. The largest absolute Gasteiger partial charge is 0.459 e. The number of aliphatic hydroxyl groups excluding tert-OH is 1. The van der Waals surface area contributed by atoms with Gasteiger partial charge in [-0.15, -0.1) is 0 Å². The maximum absolute atomic E-state index is 13.0. The van der Waals surface area contributed by atoms with Crippen molar-refractivity contribution >= 4 is 29.8 Å². The van der Waals surface area contributed by atoms with Crippen LogP contribution in [0.5, 0.6) is 0 Å². The molecule has 4 aliphatic heterocycles. The van der Waals surface area contributed by atoms with E-state index in [1.165, 1.54) is 79.6 Å². The number of aliphatic hydroxyl groups is 3. The molecule has 4 spiro atoms. The number of likely N-dealkylation sites (N-methyl/N-ethyl adjacent to an activating group) is 2. The van der Waals surface area contributed by atoms with Gasteiger partial charge in [-0.3, -0.25) is 33.8 Å². The fraction of sp³-hybridized carbons (Fsp3) is 0.939. The van der Waals surface area contributed by atoms with Gasteiger partial charge in [0, 0.05) is 71.6 Å². The van der Waals surface area contributed by atoms with Gasteiger partial charge >= 0.3 is 29.8 Å². The lowest BCUT2D eigenvalue weighted by molar-refractivity contribution is -0.249. The maximum atomic E-state index is 13.0. The average molecular weight is 1440 g/mol. The molecule has 0 aromatic carbocycles. The zero-order valence-corrected chi connectivity index (χ0v) is 66.4. The fourth-order valence-electron chi connectivity index (χ4n) is 28.2. The second kappa shape index (κ2) is 27.3. The van der Waals surface area contributed by atoms with E-state index in [9.17, 15) is 39.3 Å². The summed E-state index contributed by atoms with van der Waals surface area (Å²) in [4.78, 5) is 61.7. The number of hydrogen-bond acceptors (Lipinski definition) is 20. The van der Waals surface area contributed by atoms with Gasteiger partial charge in [0.1, 0.15) is 6.10 Å². The van der Waals surface area contributed by atoms with Crippen molar-refractivity contribution in [2.24, 2.45) is 101 Å². The molecule has 28 atom stereocenters. The third-order valence-corrected chi connectivity index (χ3v) is 32.5. The van der Waals surface area contributed by atoms with E-state index in [1.807, 2.05) is 0 Å². The van der Waals surface area contributed by atoms with Gasteiger partial charge in [-0.25, -0.2) is 0 Å². The Bertz CT molecular complexity index is 3120. The molecule has 14 aliphatic rings. The number of rotatable bonds is 13. The minimum Gasteiger partial charge on any atom is -0.459 e. The van der Waals surface area contributed by atoms with Gasteiger partial charge in [-0.1, -0.05) is 83.1 Å². The SMILES string of the molecule is CC(=O)OC(C)=O.CCN1CCO[C@@H](O[C@H]2CC[C@]34C[C@]35CC[C@]3(C)[C@@H]6[C@H](O[C@@H]([C@H](OC(C)=O)C(C)(C)O)C[C@H]6C)[C@H](O)[C@@]3(C)[C@@H]5CC[C@H]4C2(C)C)C1.CCN1CCO[C@@H](O[C@H]2CC[C@]34C[C@]35CC[C@]3(C)[C@@H]6[C@H](O[C@@H]([C@H](OC(C)=O)C(C)(C)O)C[C@H]6C)[C@H](OC(C)=O)[C@@]3(C)[C@@H]5CC[C@H]4C2(C)C)C1. The fourth-order valence-corrected chi connectivity index (χ4v) is 28.2. The number of ether oxygens (including phenoxy) is 10. The molecule has 0 unspecified atom stereocenters. The minimum atomic E-state index is -1.28. The Morgan fingerprint density at radius 3 is 1.27 bits per heavy atom. The lowest BCUT2D eigenvalue weighted by Gasteiger charge is -2.64. The zero-order chi connectivity index (χ0) is 74.6. The number of hydrogen-bond donors (Lipinski definition) is 3.